The molecule has 0 spiro atoms. The Labute approximate surface area is 113 Å². The lowest BCUT2D eigenvalue weighted by atomic mass is 10.2. The first-order valence-electron chi connectivity index (χ1n) is 6.64. The van der Waals surface area contributed by atoms with Gasteiger partial charge in [0.05, 0.1) is 6.10 Å². The number of aromatic nitrogens is 2. The third-order valence-electron chi connectivity index (χ3n) is 3.24. The molecular weight excluding hydrogens is 244 g/mol. The maximum Gasteiger partial charge on any atom is 0.225 e. The Morgan fingerprint density at radius 2 is 1.95 bits per heavy atom. The fourth-order valence-electron chi connectivity index (χ4n) is 2.10. The van der Waals surface area contributed by atoms with Gasteiger partial charge in [-0.2, -0.15) is 0 Å². The molecule has 0 saturated carbocycles. The van der Waals surface area contributed by atoms with Crippen LogP contribution in [0.15, 0.2) is 18.5 Å². The van der Waals surface area contributed by atoms with Crippen LogP contribution in [-0.2, 0) is 4.79 Å². The van der Waals surface area contributed by atoms with Gasteiger partial charge in [-0.15, -0.1) is 0 Å². The summed E-state index contributed by atoms with van der Waals surface area (Å²) in [5.74, 6) is 0.841. The number of piperazine rings is 1. The minimum absolute atomic E-state index is 0.120. The highest BCUT2D eigenvalue weighted by atomic mass is 16.3. The van der Waals surface area contributed by atoms with Gasteiger partial charge in [0.1, 0.15) is 0 Å². The Hall–Kier alpha value is -1.69. The van der Waals surface area contributed by atoms with E-state index in [2.05, 4.69) is 14.9 Å². The van der Waals surface area contributed by atoms with Gasteiger partial charge in [-0.3, -0.25) is 4.79 Å². The van der Waals surface area contributed by atoms with Crippen molar-refractivity contribution in [2.45, 2.75) is 25.9 Å². The van der Waals surface area contributed by atoms with Crippen molar-refractivity contribution in [1.82, 2.24) is 14.9 Å². The molecule has 1 saturated heterocycles. The van der Waals surface area contributed by atoms with Crippen LogP contribution < -0.4 is 4.90 Å². The van der Waals surface area contributed by atoms with E-state index >= 15 is 0 Å². The smallest absolute Gasteiger partial charge is 0.225 e. The van der Waals surface area contributed by atoms with E-state index in [1.807, 2.05) is 4.90 Å². The highest BCUT2D eigenvalue weighted by molar-refractivity contribution is 5.76. The van der Waals surface area contributed by atoms with Crippen LogP contribution in [0.3, 0.4) is 0 Å². The van der Waals surface area contributed by atoms with Crippen LogP contribution in [0.5, 0.6) is 0 Å². The number of amides is 1. The average Bonchev–Trinajstić information content (AvgIpc) is 2.46. The van der Waals surface area contributed by atoms with Crippen LogP contribution >= 0.6 is 0 Å². The standard InChI is InChI=1S/C13H20N4O2/c1-11(18)3-4-12(19)16-7-9-17(10-8-16)13-14-5-2-6-15-13/h2,5-6,11,18H,3-4,7-10H2,1H3. The number of nitrogens with zero attached hydrogens (tertiary/aromatic N) is 4. The Kier molecular flexibility index (Phi) is 4.68. The molecule has 2 heterocycles. The van der Waals surface area contributed by atoms with Crippen molar-refractivity contribution in [3.8, 4) is 0 Å². The van der Waals surface area contributed by atoms with Crippen molar-refractivity contribution in [3.05, 3.63) is 18.5 Å². The van der Waals surface area contributed by atoms with Crippen molar-refractivity contribution < 1.29 is 9.90 Å². The third-order valence-corrected chi connectivity index (χ3v) is 3.24. The first-order chi connectivity index (χ1) is 9.16. The van der Waals surface area contributed by atoms with Gasteiger partial charge < -0.3 is 14.9 Å². The average molecular weight is 264 g/mol. The summed E-state index contributed by atoms with van der Waals surface area (Å²) in [6.45, 7) is 4.60. The molecule has 1 amide bonds. The molecule has 1 N–H and O–H groups in total. The summed E-state index contributed by atoms with van der Waals surface area (Å²) in [5.41, 5.74) is 0. The van der Waals surface area contributed by atoms with Gasteiger partial charge in [-0.05, 0) is 19.4 Å². The van der Waals surface area contributed by atoms with Crippen molar-refractivity contribution in [2.75, 3.05) is 31.1 Å². The third kappa shape index (κ3) is 3.89. The van der Waals surface area contributed by atoms with Gasteiger partial charge in [-0.1, -0.05) is 0 Å². The molecule has 1 aromatic heterocycles. The van der Waals surface area contributed by atoms with Crippen LogP contribution in [0.1, 0.15) is 19.8 Å². The maximum atomic E-state index is 11.9. The molecule has 6 heteroatoms. The van der Waals surface area contributed by atoms with Crippen LogP contribution in [0.25, 0.3) is 0 Å². The second kappa shape index (κ2) is 6.47. The zero-order valence-electron chi connectivity index (χ0n) is 11.2. The van der Waals surface area contributed by atoms with Crippen LogP contribution in [0, 0.1) is 0 Å². The lowest BCUT2D eigenvalue weighted by Crippen LogP contribution is -2.49. The molecule has 104 valence electrons. The maximum absolute atomic E-state index is 11.9. The van der Waals surface area contributed by atoms with Gasteiger partial charge in [0.25, 0.3) is 0 Å². The van der Waals surface area contributed by atoms with Gasteiger partial charge in [0.2, 0.25) is 11.9 Å². The minimum Gasteiger partial charge on any atom is -0.393 e. The van der Waals surface area contributed by atoms with Crippen molar-refractivity contribution in [1.29, 1.82) is 0 Å². The summed E-state index contributed by atoms with van der Waals surface area (Å²) < 4.78 is 0. The van der Waals surface area contributed by atoms with E-state index in [1.165, 1.54) is 0 Å². The summed E-state index contributed by atoms with van der Waals surface area (Å²) in [6.07, 6.45) is 3.98. The molecule has 0 radical (unpaired) electrons. The molecule has 1 aliphatic heterocycles. The van der Waals surface area contributed by atoms with E-state index in [1.54, 1.807) is 25.4 Å². The van der Waals surface area contributed by atoms with E-state index < -0.39 is 6.10 Å². The fraction of sp³-hybridized carbons (Fsp3) is 0.615. The normalized spacial score (nSPS) is 17.4. The number of anilines is 1. The molecule has 0 aliphatic carbocycles. The van der Waals surface area contributed by atoms with E-state index in [0.717, 1.165) is 19.0 Å². The Morgan fingerprint density at radius 3 is 2.53 bits per heavy atom. The van der Waals surface area contributed by atoms with Gasteiger partial charge >= 0.3 is 0 Å². The molecule has 2 rings (SSSR count). The van der Waals surface area contributed by atoms with Crippen LogP contribution in [-0.4, -0.2) is 58.2 Å². The number of hydrogen-bond acceptors (Lipinski definition) is 5. The summed E-state index contributed by atoms with van der Waals surface area (Å²) >= 11 is 0. The largest absolute Gasteiger partial charge is 0.393 e. The number of carbonyl (C=O) groups is 1. The first kappa shape index (κ1) is 13.7. The zero-order chi connectivity index (χ0) is 13.7. The zero-order valence-corrected chi connectivity index (χ0v) is 11.2. The van der Waals surface area contributed by atoms with Crippen molar-refractivity contribution in [3.63, 3.8) is 0 Å². The molecule has 1 aliphatic rings. The highest BCUT2D eigenvalue weighted by Gasteiger charge is 2.22. The van der Waals surface area contributed by atoms with Crippen LogP contribution in [0.2, 0.25) is 0 Å². The van der Waals surface area contributed by atoms with E-state index in [9.17, 15) is 9.90 Å². The summed E-state index contributed by atoms with van der Waals surface area (Å²) in [4.78, 5) is 24.3. The molecule has 1 aromatic rings. The molecule has 0 aromatic carbocycles. The molecule has 1 unspecified atom stereocenters. The predicted octanol–water partition coefficient (Wildman–Crippen LogP) is 0.286. The van der Waals surface area contributed by atoms with Crippen LogP contribution in [0.4, 0.5) is 5.95 Å². The monoisotopic (exact) mass is 264 g/mol. The van der Waals surface area contributed by atoms with Gasteiger partial charge in [-0.25, -0.2) is 9.97 Å². The molecule has 6 nitrogen and oxygen atoms in total. The van der Waals surface area contributed by atoms with Crippen molar-refractivity contribution >= 4 is 11.9 Å². The molecule has 0 bridgehead atoms. The predicted molar refractivity (Wildman–Crippen MR) is 71.7 cm³/mol. The number of rotatable bonds is 4. The molecule has 1 atom stereocenters. The molecule has 19 heavy (non-hydrogen) atoms. The minimum atomic E-state index is -0.414. The fourth-order valence-corrected chi connectivity index (χ4v) is 2.10. The number of aliphatic hydroxyl groups is 1. The molecular formula is C13H20N4O2. The lowest BCUT2D eigenvalue weighted by molar-refractivity contribution is -0.132. The SMILES string of the molecule is CC(O)CCC(=O)N1CCN(c2ncccn2)CC1. The molecule has 1 fully saturated rings. The number of carbonyl (C=O) groups excluding carboxylic acids is 1. The highest BCUT2D eigenvalue weighted by Crippen LogP contribution is 2.11. The van der Waals surface area contributed by atoms with E-state index in [0.29, 0.717) is 25.9 Å². The topological polar surface area (TPSA) is 69.6 Å². The Bertz CT molecular complexity index is 402. The van der Waals surface area contributed by atoms with Gasteiger partial charge in [0.15, 0.2) is 0 Å². The van der Waals surface area contributed by atoms with E-state index in [4.69, 9.17) is 0 Å². The Morgan fingerprint density at radius 1 is 1.32 bits per heavy atom. The Balaban J connectivity index is 1.81. The summed E-state index contributed by atoms with van der Waals surface area (Å²) in [5, 5.41) is 9.19. The second-order valence-electron chi connectivity index (χ2n) is 4.80. The van der Waals surface area contributed by atoms with Gasteiger partial charge in [0, 0.05) is 45.0 Å². The lowest BCUT2D eigenvalue weighted by Gasteiger charge is -2.34. The first-order valence-corrected chi connectivity index (χ1v) is 6.64. The quantitative estimate of drug-likeness (QED) is 0.846. The summed E-state index contributed by atoms with van der Waals surface area (Å²) in [7, 11) is 0. The summed E-state index contributed by atoms with van der Waals surface area (Å²) in [6, 6.07) is 1.79. The number of aliphatic hydroxyl groups excluding tert-OH is 1. The van der Waals surface area contributed by atoms with E-state index in [-0.39, 0.29) is 5.91 Å². The second-order valence-corrected chi connectivity index (χ2v) is 4.80. The van der Waals surface area contributed by atoms with Crippen molar-refractivity contribution in [2.24, 2.45) is 0 Å². The number of hydrogen-bond donors (Lipinski definition) is 1.